The van der Waals surface area contributed by atoms with Gasteiger partial charge >= 0.3 is 0 Å². The van der Waals surface area contributed by atoms with Crippen LogP contribution in [0.15, 0.2) is 30.3 Å². The first-order valence-electron chi connectivity index (χ1n) is 5.46. The second-order valence-electron chi connectivity index (χ2n) is 4.23. The van der Waals surface area contributed by atoms with Crippen LogP contribution in [0.3, 0.4) is 0 Å². The minimum atomic E-state index is -0.392. The summed E-state index contributed by atoms with van der Waals surface area (Å²) in [6, 6.07) is 10.1. The van der Waals surface area contributed by atoms with Crippen LogP contribution in [0, 0.1) is 0 Å². The molecule has 1 aromatic carbocycles. The third kappa shape index (κ3) is 2.78. The second-order valence-corrected chi connectivity index (χ2v) is 4.23. The van der Waals surface area contributed by atoms with E-state index in [1.807, 2.05) is 30.3 Å². The molecule has 0 aromatic heterocycles. The predicted octanol–water partition coefficient (Wildman–Crippen LogP) is 0.753. The topological polar surface area (TPSA) is 49.5 Å². The van der Waals surface area contributed by atoms with Crippen molar-refractivity contribution in [1.82, 2.24) is 4.90 Å². The predicted molar refractivity (Wildman–Crippen MR) is 60.4 cm³/mol. The Balaban J connectivity index is 1.90. The van der Waals surface area contributed by atoms with Crippen LogP contribution in [0.4, 0.5) is 0 Å². The number of benzene rings is 1. The van der Waals surface area contributed by atoms with Crippen molar-refractivity contribution in [2.75, 3.05) is 19.6 Å². The standard InChI is InChI=1S/C12H18N2O/c13-11-6-7-14(8-11)9-12(15)10-4-2-1-3-5-10/h1-5,11-12,15H,6-9,13H2/t11-,12?/m1/s1. The SMILES string of the molecule is N[C@@H]1CCN(CC(O)c2ccccc2)C1. The lowest BCUT2D eigenvalue weighted by atomic mass is 10.1. The molecule has 3 heteroatoms. The molecule has 82 valence electrons. The molecule has 1 aliphatic rings. The summed E-state index contributed by atoms with van der Waals surface area (Å²) in [6.45, 7) is 2.60. The van der Waals surface area contributed by atoms with Gasteiger partial charge in [-0.1, -0.05) is 30.3 Å². The first-order valence-corrected chi connectivity index (χ1v) is 5.46. The zero-order chi connectivity index (χ0) is 10.7. The smallest absolute Gasteiger partial charge is 0.0916 e. The molecule has 1 unspecified atom stereocenters. The summed E-state index contributed by atoms with van der Waals surface area (Å²) in [5.41, 5.74) is 6.80. The molecule has 1 aromatic rings. The lowest BCUT2D eigenvalue weighted by Gasteiger charge is -2.19. The number of hydrogen-bond donors (Lipinski definition) is 2. The number of nitrogens with two attached hydrogens (primary N) is 1. The number of aliphatic hydroxyl groups is 1. The molecule has 0 bridgehead atoms. The highest BCUT2D eigenvalue weighted by Gasteiger charge is 2.21. The number of β-amino-alcohol motifs (C(OH)–C–C–N with tert-alkyl or cyclic N) is 1. The highest BCUT2D eigenvalue weighted by atomic mass is 16.3. The Morgan fingerprint density at radius 2 is 2.13 bits per heavy atom. The highest BCUT2D eigenvalue weighted by molar-refractivity contribution is 5.17. The Labute approximate surface area is 90.5 Å². The van der Waals surface area contributed by atoms with E-state index < -0.39 is 6.10 Å². The summed E-state index contributed by atoms with van der Waals surface area (Å²) >= 11 is 0. The molecule has 0 spiro atoms. The van der Waals surface area contributed by atoms with Gasteiger partial charge in [0.15, 0.2) is 0 Å². The van der Waals surface area contributed by atoms with Gasteiger partial charge in [-0.25, -0.2) is 0 Å². The summed E-state index contributed by atoms with van der Waals surface area (Å²) < 4.78 is 0. The minimum absolute atomic E-state index is 0.285. The van der Waals surface area contributed by atoms with Crippen LogP contribution in [0.1, 0.15) is 18.1 Å². The van der Waals surface area contributed by atoms with Gasteiger partial charge in [0.05, 0.1) is 6.10 Å². The van der Waals surface area contributed by atoms with Gasteiger partial charge in [-0.15, -0.1) is 0 Å². The van der Waals surface area contributed by atoms with Crippen LogP contribution in [0.25, 0.3) is 0 Å². The van der Waals surface area contributed by atoms with Gasteiger partial charge in [0, 0.05) is 19.1 Å². The molecule has 2 atom stereocenters. The lowest BCUT2D eigenvalue weighted by molar-refractivity contribution is 0.125. The maximum absolute atomic E-state index is 9.98. The molecule has 0 saturated carbocycles. The van der Waals surface area contributed by atoms with Crippen molar-refractivity contribution >= 4 is 0 Å². The van der Waals surface area contributed by atoms with Gasteiger partial charge in [0.2, 0.25) is 0 Å². The summed E-state index contributed by atoms with van der Waals surface area (Å²) in [6.07, 6.45) is 0.651. The molecule has 1 aliphatic heterocycles. The Kier molecular flexibility index (Phi) is 3.36. The lowest BCUT2D eigenvalue weighted by Crippen LogP contribution is -2.30. The first kappa shape index (κ1) is 10.6. The molecule has 0 aliphatic carbocycles. The maximum atomic E-state index is 9.98. The van der Waals surface area contributed by atoms with Crippen LogP contribution >= 0.6 is 0 Å². The van der Waals surface area contributed by atoms with Gasteiger partial charge in [-0.05, 0) is 18.5 Å². The van der Waals surface area contributed by atoms with Crippen LogP contribution in [-0.4, -0.2) is 35.7 Å². The first-order chi connectivity index (χ1) is 7.25. The quantitative estimate of drug-likeness (QED) is 0.767. The van der Waals surface area contributed by atoms with Crippen LogP contribution in [0.2, 0.25) is 0 Å². The summed E-state index contributed by atoms with van der Waals surface area (Å²) in [7, 11) is 0. The molecule has 2 rings (SSSR count). The molecule has 15 heavy (non-hydrogen) atoms. The van der Waals surface area contributed by atoms with E-state index in [0.29, 0.717) is 6.54 Å². The molecule has 1 heterocycles. The van der Waals surface area contributed by atoms with E-state index in [1.54, 1.807) is 0 Å². The van der Waals surface area contributed by atoms with Gasteiger partial charge in [0.1, 0.15) is 0 Å². The van der Waals surface area contributed by atoms with E-state index in [-0.39, 0.29) is 6.04 Å². The zero-order valence-electron chi connectivity index (χ0n) is 8.84. The summed E-state index contributed by atoms with van der Waals surface area (Å²) in [4.78, 5) is 2.22. The van der Waals surface area contributed by atoms with Gasteiger partial charge in [-0.2, -0.15) is 0 Å². The third-order valence-corrected chi connectivity index (χ3v) is 2.92. The highest BCUT2D eigenvalue weighted by Crippen LogP contribution is 2.16. The maximum Gasteiger partial charge on any atom is 0.0916 e. The van der Waals surface area contributed by atoms with E-state index in [4.69, 9.17) is 5.73 Å². The minimum Gasteiger partial charge on any atom is -0.387 e. The summed E-state index contributed by atoms with van der Waals surface area (Å²) in [5.74, 6) is 0. The Morgan fingerprint density at radius 3 is 2.73 bits per heavy atom. The number of rotatable bonds is 3. The molecular weight excluding hydrogens is 188 g/mol. The van der Waals surface area contributed by atoms with Crippen molar-refractivity contribution in [3.8, 4) is 0 Å². The molecule has 0 radical (unpaired) electrons. The molecule has 0 amide bonds. The zero-order valence-corrected chi connectivity index (χ0v) is 8.84. The Hall–Kier alpha value is -0.900. The van der Waals surface area contributed by atoms with Crippen molar-refractivity contribution in [2.24, 2.45) is 5.73 Å². The van der Waals surface area contributed by atoms with Gasteiger partial charge < -0.3 is 10.8 Å². The van der Waals surface area contributed by atoms with Crippen molar-refractivity contribution in [3.63, 3.8) is 0 Å². The molecule has 1 saturated heterocycles. The van der Waals surface area contributed by atoms with Gasteiger partial charge in [-0.3, -0.25) is 4.90 Å². The number of likely N-dealkylation sites (tertiary alicyclic amines) is 1. The van der Waals surface area contributed by atoms with Crippen molar-refractivity contribution in [3.05, 3.63) is 35.9 Å². The molecule has 3 nitrogen and oxygen atoms in total. The Bertz CT molecular complexity index is 302. The van der Waals surface area contributed by atoms with Crippen molar-refractivity contribution in [2.45, 2.75) is 18.6 Å². The van der Waals surface area contributed by atoms with Crippen molar-refractivity contribution in [1.29, 1.82) is 0 Å². The fourth-order valence-electron chi connectivity index (χ4n) is 2.05. The normalized spacial score (nSPS) is 24.3. The van der Waals surface area contributed by atoms with E-state index >= 15 is 0 Å². The largest absolute Gasteiger partial charge is 0.387 e. The molecular formula is C12H18N2O. The molecule has 1 fully saturated rings. The average molecular weight is 206 g/mol. The van der Waals surface area contributed by atoms with Crippen molar-refractivity contribution < 1.29 is 5.11 Å². The van der Waals surface area contributed by atoms with E-state index in [0.717, 1.165) is 25.1 Å². The van der Waals surface area contributed by atoms with E-state index in [9.17, 15) is 5.11 Å². The van der Waals surface area contributed by atoms with E-state index in [1.165, 1.54) is 0 Å². The molecule has 3 N–H and O–H groups in total. The Morgan fingerprint density at radius 1 is 1.40 bits per heavy atom. The fourth-order valence-corrected chi connectivity index (χ4v) is 2.05. The average Bonchev–Trinajstić information content (AvgIpc) is 2.65. The fraction of sp³-hybridized carbons (Fsp3) is 0.500. The second kappa shape index (κ2) is 4.75. The van der Waals surface area contributed by atoms with Crippen LogP contribution in [0.5, 0.6) is 0 Å². The monoisotopic (exact) mass is 206 g/mol. The number of nitrogens with zero attached hydrogens (tertiary/aromatic N) is 1. The number of aliphatic hydroxyl groups excluding tert-OH is 1. The van der Waals surface area contributed by atoms with Gasteiger partial charge in [0.25, 0.3) is 0 Å². The van der Waals surface area contributed by atoms with Crippen LogP contribution < -0.4 is 5.73 Å². The van der Waals surface area contributed by atoms with E-state index in [2.05, 4.69) is 4.90 Å². The summed E-state index contributed by atoms with van der Waals surface area (Å²) in [5, 5.41) is 9.98. The third-order valence-electron chi connectivity index (χ3n) is 2.92. The number of hydrogen-bond acceptors (Lipinski definition) is 3. The van der Waals surface area contributed by atoms with Crippen LogP contribution in [-0.2, 0) is 0 Å².